The number of allylic oxidation sites excluding steroid dienone is 1. The molecule has 0 saturated heterocycles. The van der Waals surface area contributed by atoms with E-state index in [0.717, 1.165) is 15.6 Å². The maximum atomic E-state index is 12.1. The maximum Gasteiger partial charge on any atom is 0.225 e. The molecule has 1 amide bonds. The minimum Gasteiger partial charge on any atom is -0.320 e. The fourth-order valence-electron chi connectivity index (χ4n) is 2.65. The summed E-state index contributed by atoms with van der Waals surface area (Å²) in [6.07, 6.45) is 0.271. The summed E-state index contributed by atoms with van der Waals surface area (Å²) in [6.45, 7) is 0. The Balaban J connectivity index is 1.86. The number of thioether (sulfide) groups is 1. The zero-order valence-electron chi connectivity index (χ0n) is 13.1. The van der Waals surface area contributed by atoms with Gasteiger partial charge in [-0.15, -0.1) is 11.8 Å². The Morgan fingerprint density at radius 3 is 2.52 bits per heavy atom. The fraction of sp³-hybridized carbons (Fsp3) is 0.158. The molecule has 0 spiro atoms. The first-order valence-electron chi connectivity index (χ1n) is 7.63. The first kappa shape index (κ1) is 18.1. The molecule has 1 heterocycles. The van der Waals surface area contributed by atoms with Gasteiger partial charge in [0.2, 0.25) is 5.91 Å². The van der Waals surface area contributed by atoms with Gasteiger partial charge in [0.15, 0.2) is 0 Å². The largest absolute Gasteiger partial charge is 0.320 e. The highest BCUT2D eigenvalue weighted by molar-refractivity contribution is 9.10. The molecule has 1 aliphatic heterocycles. The van der Waals surface area contributed by atoms with Crippen LogP contribution in [0.1, 0.15) is 23.5 Å². The van der Waals surface area contributed by atoms with Gasteiger partial charge >= 0.3 is 0 Å². The van der Waals surface area contributed by atoms with Crippen molar-refractivity contribution in [3.8, 4) is 6.07 Å². The van der Waals surface area contributed by atoms with E-state index >= 15 is 0 Å². The van der Waals surface area contributed by atoms with Crippen LogP contribution in [0, 0.1) is 11.3 Å². The third-order valence-electron chi connectivity index (χ3n) is 3.92. The number of carbonyl (C=O) groups excluding carboxylic acids is 1. The van der Waals surface area contributed by atoms with Crippen molar-refractivity contribution in [1.29, 1.82) is 5.26 Å². The first-order chi connectivity index (χ1) is 12.1. The van der Waals surface area contributed by atoms with Crippen LogP contribution in [0.15, 0.2) is 63.6 Å². The molecule has 6 heteroatoms. The Kier molecular flexibility index (Phi) is 5.85. The molecule has 0 aromatic heterocycles. The van der Waals surface area contributed by atoms with E-state index in [9.17, 15) is 10.1 Å². The SMILES string of the molecule is N#CC1=C(SCc2ccc(Br)cc2)NC(=O)C[C@@H]1c1ccc(Cl)cc1. The van der Waals surface area contributed by atoms with Crippen LogP contribution >= 0.6 is 39.3 Å². The minimum absolute atomic E-state index is 0.0720. The minimum atomic E-state index is -0.233. The van der Waals surface area contributed by atoms with E-state index in [1.54, 1.807) is 12.1 Å². The van der Waals surface area contributed by atoms with E-state index in [0.29, 0.717) is 21.4 Å². The number of hydrogen-bond acceptors (Lipinski definition) is 3. The van der Waals surface area contributed by atoms with Gasteiger partial charge in [-0.2, -0.15) is 5.26 Å². The molecule has 2 aromatic carbocycles. The quantitative estimate of drug-likeness (QED) is 0.705. The van der Waals surface area contributed by atoms with Crippen molar-refractivity contribution in [2.24, 2.45) is 0 Å². The molecule has 126 valence electrons. The number of benzene rings is 2. The highest BCUT2D eigenvalue weighted by Crippen LogP contribution is 2.37. The van der Waals surface area contributed by atoms with Gasteiger partial charge in [-0.05, 0) is 35.4 Å². The summed E-state index contributed by atoms with van der Waals surface area (Å²) >= 11 is 10.8. The van der Waals surface area contributed by atoms with Crippen molar-refractivity contribution in [3.63, 3.8) is 0 Å². The standard InChI is InChI=1S/C19H14BrClN2OS/c20-14-5-1-12(2-6-14)11-25-19-17(10-22)16(9-18(24)23-19)13-3-7-15(21)8-4-13/h1-8,16H,9,11H2,(H,23,24)/t16-/m1/s1. The predicted octanol–water partition coefficient (Wildman–Crippen LogP) is 5.37. The molecule has 0 radical (unpaired) electrons. The van der Waals surface area contributed by atoms with Gasteiger partial charge in [-0.3, -0.25) is 4.79 Å². The van der Waals surface area contributed by atoms with Gasteiger partial charge in [0.05, 0.1) is 16.7 Å². The van der Waals surface area contributed by atoms with E-state index < -0.39 is 0 Å². The molecule has 25 heavy (non-hydrogen) atoms. The monoisotopic (exact) mass is 432 g/mol. The van der Waals surface area contributed by atoms with Gasteiger partial charge in [-0.1, -0.05) is 51.8 Å². The molecule has 3 nitrogen and oxygen atoms in total. The summed E-state index contributed by atoms with van der Waals surface area (Å²) in [6, 6.07) is 17.6. The number of nitrogens with one attached hydrogen (secondary N) is 1. The van der Waals surface area contributed by atoms with E-state index in [4.69, 9.17) is 11.6 Å². The molecule has 0 fully saturated rings. The number of nitrogens with zero attached hydrogens (tertiary/aromatic N) is 1. The topological polar surface area (TPSA) is 52.9 Å². The van der Waals surface area contributed by atoms with Crippen molar-refractivity contribution in [2.45, 2.75) is 18.1 Å². The van der Waals surface area contributed by atoms with E-state index in [1.165, 1.54) is 11.8 Å². The van der Waals surface area contributed by atoms with Crippen molar-refractivity contribution >= 4 is 45.2 Å². The first-order valence-corrected chi connectivity index (χ1v) is 9.79. The van der Waals surface area contributed by atoms with E-state index in [-0.39, 0.29) is 18.2 Å². The van der Waals surface area contributed by atoms with Crippen LogP contribution in [-0.4, -0.2) is 5.91 Å². The zero-order valence-corrected chi connectivity index (χ0v) is 16.3. The number of rotatable bonds is 4. The summed E-state index contributed by atoms with van der Waals surface area (Å²) in [4.78, 5) is 12.1. The molecular weight excluding hydrogens is 420 g/mol. The lowest BCUT2D eigenvalue weighted by Gasteiger charge is -2.25. The third kappa shape index (κ3) is 4.46. The van der Waals surface area contributed by atoms with Gasteiger partial charge in [-0.25, -0.2) is 0 Å². The second-order valence-electron chi connectivity index (χ2n) is 5.63. The van der Waals surface area contributed by atoms with Crippen LogP contribution in [0.25, 0.3) is 0 Å². The highest BCUT2D eigenvalue weighted by atomic mass is 79.9. The lowest BCUT2D eigenvalue weighted by atomic mass is 9.87. The summed E-state index contributed by atoms with van der Waals surface area (Å²) in [7, 11) is 0. The predicted molar refractivity (Wildman–Crippen MR) is 105 cm³/mol. The molecule has 1 aliphatic rings. The molecule has 0 aliphatic carbocycles. The Morgan fingerprint density at radius 2 is 1.88 bits per heavy atom. The van der Waals surface area contributed by atoms with Crippen molar-refractivity contribution in [2.75, 3.05) is 0 Å². The smallest absolute Gasteiger partial charge is 0.225 e. The second kappa shape index (κ2) is 8.09. The molecule has 2 aromatic rings. The van der Waals surface area contributed by atoms with Gasteiger partial charge in [0.25, 0.3) is 0 Å². The normalized spacial score (nSPS) is 17.2. The summed E-state index contributed by atoms with van der Waals surface area (Å²) in [5.74, 6) is 0.377. The van der Waals surface area contributed by atoms with E-state index in [2.05, 4.69) is 27.3 Å². The molecule has 0 unspecified atom stereocenters. The number of nitriles is 1. The van der Waals surface area contributed by atoms with Crippen LogP contribution < -0.4 is 5.32 Å². The van der Waals surface area contributed by atoms with Crippen LogP contribution in [0.2, 0.25) is 5.02 Å². The maximum absolute atomic E-state index is 12.1. The van der Waals surface area contributed by atoms with Crippen molar-refractivity contribution < 1.29 is 4.79 Å². The highest BCUT2D eigenvalue weighted by Gasteiger charge is 2.29. The number of carbonyl (C=O) groups is 1. The molecule has 0 bridgehead atoms. The number of amides is 1. The van der Waals surface area contributed by atoms with Crippen LogP contribution in [-0.2, 0) is 10.5 Å². The van der Waals surface area contributed by atoms with Crippen molar-refractivity contribution in [1.82, 2.24) is 5.32 Å². The lowest BCUT2D eigenvalue weighted by Crippen LogP contribution is -2.30. The summed E-state index contributed by atoms with van der Waals surface area (Å²) in [5, 5.41) is 13.8. The third-order valence-corrected chi connectivity index (χ3v) is 5.79. The summed E-state index contributed by atoms with van der Waals surface area (Å²) in [5.41, 5.74) is 2.66. The molecule has 3 rings (SSSR count). The van der Waals surface area contributed by atoms with Gasteiger partial charge in [0, 0.05) is 27.6 Å². The Hall–Kier alpha value is -1.74. The number of halogens is 2. The molecule has 0 saturated carbocycles. The van der Waals surface area contributed by atoms with Crippen LogP contribution in [0.5, 0.6) is 0 Å². The Bertz CT molecular complexity index is 856. The van der Waals surface area contributed by atoms with Gasteiger partial charge < -0.3 is 5.32 Å². The van der Waals surface area contributed by atoms with Crippen LogP contribution in [0.3, 0.4) is 0 Å². The fourth-order valence-corrected chi connectivity index (χ4v) is 4.07. The second-order valence-corrected chi connectivity index (χ2v) is 7.96. The molecular formula is C19H14BrClN2OS. The lowest BCUT2D eigenvalue weighted by molar-refractivity contribution is -0.120. The van der Waals surface area contributed by atoms with Gasteiger partial charge in [0.1, 0.15) is 0 Å². The zero-order chi connectivity index (χ0) is 17.8. The van der Waals surface area contributed by atoms with Crippen molar-refractivity contribution in [3.05, 3.63) is 79.8 Å². The Labute approximate surface area is 164 Å². The average Bonchev–Trinajstić information content (AvgIpc) is 2.61. The Morgan fingerprint density at radius 1 is 1.20 bits per heavy atom. The van der Waals surface area contributed by atoms with Crippen LogP contribution in [0.4, 0.5) is 0 Å². The molecule has 1 atom stereocenters. The summed E-state index contributed by atoms with van der Waals surface area (Å²) < 4.78 is 1.02. The average molecular weight is 434 g/mol. The number of hydrogen-bond donors (Lipinski definition) is 1. The van der Waals surface area contributed by atoms with E-state index in [1.807, 2.05) is 36.4 Å². The molecule has 1 N–H and O–H groups in total.